The molecule has 1 atom stereocenters. The van der Waals surface area contributed by atoms with Crippen molar-refractivity contribution in [2.75, 3.05) is 5.33 Å². The number of benzene rings is 1. The number of ether oxygens (including phenoxy) is 1. The lowest BCUT2D eigenvalue weighted by molar-refractivity contribution is -0.132. The summed E-state index contributed by atoms with van der Waals surface area (Å²) in [5.74, 6) is -0.960. The van der Waals surface area contributed by atoms with Gasteiger partial charge >= 0.3 is 5.97 Å². The molecule has 92 valence electrons. The van der Waals surface area contributed by atoms with Gasteiger partial charge in [0.05, 0.1) is 11.8 Å². The van der Waals surface area contributed by atoms with E-state index >= 15 is 0 Å². The fourth-order valence-electron chi connectivity index (χ4n) is 1.26. The van der Waals surface area contributed by atoms with Crippen LogP contribution in [0.2, 0.25) is 0 Å². The minimum absolute atomic E-state index is 0.0632. The van der Waals surface area contributed by atoms with Crippen LogP contribution in [0.3, 0.4) is 0 Å². The highest BCUT2D eigenvalue weighted by Crippen LogP contribution is 2.09. The fraction of sp³-hybridized carbons (Fsp3) is 0.308. The summed E-state index contributed by atoms with van der Waals surface area (Å²) < 4.78 is 5.43. The van der Waals surface area contributed by atoms with E-state index in [4.69, 9.17) is 9.84 Å². The van der Waals surface area contributed by atoms with Crippen LogP contribution in [0.1, 0.15) is 12.5 Å². The van der Waals surface area contributed by atoms with Crippen molar-refractivity contribution in [3.05, 3.63) is 47.7 Å². The Balaban J connectivity index is 2.55. The number of carboxylic acids is 1. The number of rotatable bonds is 6. The lowest BCUT2D eigenvalue weighted by Crippen LogP contribution is -2.15. The third kappa shape index (κ3) is 5.04. The average Bonchev–Trinajstić information content (AvgIpc) is 2.35. The number of aliphatic carboxylic acids is 1. The summed E-state index contributed by atoms with van der Waals surface area (Å²) in [6.45, 7) is 1.51. The van der Waals surface area contributed by atoms with Gasteiger partial charge in [-0.05, 0) is 12.5 Å². The summed E-state index contributed by atoms with van der Waals surface area (Å²) in [5.41, 5.74) is 1.36. The molecule has 0 heterocycles. The standard InChI is InChI=1S/C13H15BrO3/c1-10(13(15)16)9-17-12(8-14)7-11-5-3-2-4-6-11/h2-6,9,12H,7-8H2,1H3,(H,15,16). The number of carbonyl (C=O) groups is 1. The minimum atomic E-state index is -0.960. The van der Waals surface area contributed by atoms with Crippen LogP contribution in [0.15, 0.2) is 42.2 Å². The van der Waals surface area contributed by atoms with Crippen LogP contribution in [0.25, 0.3) is 0 Å². The second-order valence-corrected chi connectivity index (χ2v) is 4.36. The molecule has 0 radical (unpaired) electrons. The molecular weight excluding hydrogens is 284 g/mol. The van der Waals surface area contributed by atoms with Gasteiger partial charge in [0.2, 0.25) is 0 Å². The molecule has 1 aromatic carbocycles. The summed E-state index contributed by atoms with van der Waals surface area (Å²) in [4.78, 5) is 10.6. The molecule has 0 aliphatic carbocycles. The number of hydrogen-bond acceptors (Lipinski definition) is 2. The first-order chi connectivity index (χ1) is 8.13. The van der Waals surface area contributed by atoms with Crippen molar-refractivity contribution >= 4 is 21.9 Å². The highest BCUT2D eigenvalue weighted by molar-refractivity contribution is 9.09. The van der Waals surface area contributed by atoms with Gasteiger partial charge in [-0.25, -0.2) is 4.79 Å². The van der Waals surface area contributed by atoms with Crippen molar-refractivity contribution in [2.24, 2.45) is 0 Å². The summed E-state index contributed by atoms with van der Waals surface area (Å²) in [6.07, 6.45) is 1.99. The van der Waals surface area contributed by atoms with E-state index in [-0.39, 0.29) is 11.7 Å². The number of carboxylic acid groups (broad SMARTS) is 1. The van der Waals surface area contributed by atoms with E-state index in [2.05, 4.69) is 15.9 Å². The molecule has 0 aliphatic rings. The lowest BCUT2D eigenvalue weighted by Gasteiger charge is -2.14. The Morgan fingerprint density at radius 1 is 1.47 bits per heavy atom. The van der Waals surface area contributed by atoms with Crippen LogP contribution in [-0.2, 0) is 16.0 Å². The Morgan fingerprint density at radius 3 is 2.65 bits per heavy atom. The molecule has 0 saturated heterocycles. The molecule has 17 heavy (non-hydrogen) atoms. The zero-order chi connectivity index (χ0) is 12.7. The van der Waals surface area contributed by atoms with Crippen LogP contribution in [0, 0.1) is 0 Å². The third-order valence-corrected chi connectivity index (χ3v) is 2.98. The Bertz CT molecular complexity index is 387. The zero-order valence-electron chi connectivity index (χ0n) is 9.60. The van der Waals surface area contributed by atoms with Crippen molar-refractivity contribution in [3.63, 3.8) is 0 Å². The van der Waals surface area contributed by atoms with Gasteiger partial charge in [-0.1, -0.05) is 46.3 Å². The summed E-state index contributed by atoms with van der Waals surface area (Å²) in [7, 11) is 0. The highest BCUT2D eigenvalue weighted by Gasteiger charge is 2.09. The predicted molar refractivity (Wildman–Crippen MR) is 70.2 cm³/mol. The van der Waals surface area contributed by atoms with E-state index in [1.807, 2.05) is 30.3 Å². The van der Waals surface area contributed by atoms with E-state index in [1.165, 1.54) is 18.7 Å². The van der Waals surface area contributed by atoms with Crippen LogP contribution in [-0.4, -0.2) is 22.5 Å². The lowest BCUT2D eigenvalue weighted by atomic mass is 10.1. The first kappa shape index (κ1) is 13.8. The third-order valence-electron chi connectivity index (χ3n) is 2.25. The van der Waals surface area contributed by atoms with Gasteiger partial charge in [-0.3, -0.25) is 0 Å². The van der Waals surface area contributed by atoms with E-state index in [1.54, 1.807) is 0 Å². The molecule has 0 saturated carbocycles. The minimum Gasteiger partial charge on any atom is -0.496 e. The summed E-state index contributed by atoms with van der Waals surface area (Å²) in [6, 6.07) is 9.94. The molecule has 1 unspecified atom stereocenters. The van der Waals surface area contributed by atoms with Gasteiger partial charge in [0.1, 0.15) is 6.10 Å². The van der Waals surface area contributed by atoms with E-state index in [0.29, 0.717) is 5.33 Å². The zero-order valence-corrected chi connectivity index (χ0v) is 11.2. The average molecular weight is 299 g/mol. The molecule has 1 N–H and O–H groups in total. The highest BCUT2D eigenvalue weighted by atomic mass is 79.9. The number of hydrogen-bond donors (Lipinski definition) is 1. The molecule has 1 aromatic rings. The monoisotopic (exact) mass is 298 g/mol. The molecule has 1 rings (SSSR count). The van der Waals surface area contributed by atoms with Gasteiger partial charge in [-0.15, -0.1) is 0 Å². The molecule has 0 amide bonds. The Labute approximate surface area is 109 Å². The van der Waals surface area contributed by atoms with Crippen molar-refractivity contribution < 1.29 is 14.6 Å². The topological polar surface area (TPSA) is 46.5 Å². The Kier molecular flexibility index (Phi) is 5.77. The van der Waals surface area contributed by atoms with Crippen molar-refractivity contribution in [1.29, 1.82) is 0 Å². The second kappa shape index (κ2) is 7.12. The summed E-state index contributed by atoms with van der Waals surface area (Å²) in [5, 5.41) is 9.36. The van der Waals surface area contributed by atoms with Crippen molar-refractivity contribution in [3.8, 4) is 0 Å². The molecule has 0 aliphatic heterocycles. The molecule has 0 spiro atoms. The van der Waals surface area contributed by atoms with Crippen LogP contribution in [0.4, 0.5) is 0 Å². The van der Waals surface area contributed by atoms with Crippen molar-refractivity contribution in [2.45, 2.75) is 19.4 Å². The Hall–Kier alpha value is -1.29. The fourth-order valence-corrected chi connectivity index (χ4v) is 1.65. The van der Waals surface area contributed by atoms with Crippen LogP contribution in [0.5, 0.6) is 0 Å². The number of alkyl halides is 1. The van der Waals surface area contributed by atoms with Gasteiger partial charge in [0.15, 0.2) is 0 Å². The SMILES string of the molecule is CC(=COC(CBr)Cc1ccccc1)C(=O)O. The largest absolute Gasteiger partial charge is 0.496 e. The molecule has 0 bridgehead atoms. The molecular formula is C13H15BrO3. The van der Waals surface area contributed by atoms with E-state index in [9.17, 15) is 4.79 Å². The maximum absolute atomic E-state index is 10.6. The molecule has 0 aromatic heterocycles. The van der Waals surface area contributed by atoms with Crippen molar-refractivity contribution in [1.82, 2.24) is 0 Å². The van der Waals surface area contributed by atoms with Gasteiger partial charge in [-0.2, -0.15) is 0 Å². The maximum Gasteiger partial charge on any atom is 0.334 e. The van der Waals surface area contributed by atoms with Gasteiger partial charge in [0.25, 0.3) is 0 Å². The smallest absolute Gasteiger partial charge is 0.334 e. The maximum atomic E-state index is 10.6. The Morgan fingerprint density at radius 2 is 2.12 bits per heavy atom. The molecule has 0 fully saturated rings. The van der Waals surface area contributed by atoms with Gasteiger partial charge in [0, 0.05) is 11.8 Å². The molecule has 3 nitrogen and oxygen atoms in total. The van der Waals surface area contributed by atoms with E-state index in [0.717, 1.165) is 6.42 Å². The quantitative estimate of drug-likeness (QED) is 0.499. The van der Waals surface area contributed by atoms with Crippen LogP contribution < -0.4 is 0 Å². The first-order valence-electron chi connectivity index (χ1n) is 5.29. The van der Waals surface area contributed by atoms with Crippen LogP contribution >= 0.6 is 15.9 Å². The first-order valence-corrected chi connectivity index (χ1v) is 6.41. The number of halogens is 1. The predicted octanol–water partition coefficient (Wildman–Crippen LogP) is 3.00. The normalized spacial score (nSPS) is 13.2. The second-order valence-electron chi connectivity index (χ2n) is 3.71. The van der Waals surface area contributed by atoms with Gasteiger partial charge < -0.3 is 9.84 Å². The molecule has 4 heteroatoms. The summed E-state index contributed by atoms with van der Waals surface area (Å²) >= 11 is 3.36. The van der Waals surface area contributed by atoms with E-state index < -0.39 is 5.97 Å².